The lowest BCUT2D eigenvalue weighted by atomic mass is 9.57. The van der Waals surface area contributed by atoms with Gasteiger partial charge in [-0.25, -0.2) is 0 Å². The fourth-order valence-corrected chi connectivity index (χ4v) is 4.34. The van der Waals surface area contributed by atoms with Gasteiger partial charge in [-0.2, -0.15) is 0 Å². The van der Waals surface area contributed by atoms with Gasteiger partial charge in [-0.15, -0.1) is 0 Å². The van der Waals surface area contributed by atoms with Crippen molar-refractivity contribution in [2.45, 2.75) is 60.8 Å². The number of rotatable bonds is 1. The maximum atomic E-state index is 3.75. The van der Waals surface area contributed by atoms with Crippen LogP contribution in [-0.4, -0.2) is 0 Å². The third-order valence-electron chi connectivity index (χ3n) is 5.16. The van der Waals surface area contributed by atoms with Crippen LogP contribution in [0.1, 0.15) is 60.8 Å². The van der Waals surface area contributed by atoms with E-state index in [1.807, 2.05) is 0 Å². The first-order chi connectivity index (χ1) is 8.23. The molecule has 0 N–H and O–H groups in total. The van der Waals surface area contributed by atoms with Crippen LogP contribution in [0.4, 0.5) is 0 Å². The van der Waals surface area contributed by atoms with Gasteiger partial charge in [0.25, 0.3) is 0 Å². The van der Waals surface area contributed by atoms with E-state index in [2.05, 4.69) is 59.8 Å². The van der Waals surface area contributed by atoms with E-state index in [4.69, 9.17) is 0 Å². The van der Waals surface area contributed by atoms with E-state index in [0.717, 1.165) is 11.8 Å². The molecule has 0 saturated heterocycles. The van der Waals surface area contributed by atoms with Gasteiger partial charge in [-0.3, -0.25) is 0 Å². The molecule has 0 fully saturated rings. The summed E-state index contributed by atoms with van der Waals surface area (Å²) in [7, 11) is 0. The Morgan fingerprint density at radius 2 is 1.89 bits per heavy atom. The minimum absolute atomic E-state index is 0.290. The smallest absolute Gasteiger partial charge is 0.0101 e. The van der Waals surface area contributed by atoms with Crippen molar-refractivity contribution >= 4 is 0 Å². The van der Waals surface area contributed by atoms with Crippen molar-refractivity contribution in [3.63, 3.8) is 0 Å². The molecule has 0 nitrogen and oxygen atoms in total. The van der Waals surface area contributed by atoms with Gasteiger partial charge < -0.3 is 0 Å². The second-order valence-corrected chi connectivity index (χ2v) is 7.84. The highest BCUT2D eigenvalue weighted by Crippen LogP contribution is 2.50. The fourth-order valence-electron chi connectivity index (χ4n) is 4.34. The Labute approximate surface area is 114 Å². The Morgan fingerprint density at radius 1 is 1.22 bits per heavy atom. The van der Waals surface area contributed by atoms with Gasteiger partial charge in [0, 0.05) is 0 Å². The van der Waals surface area contributed by atoms with Crippen molar-refractivity contribution in [1.29, 1.82) is 0 Å². The van der Waals surface area contributed by atoms with Crippen molar-refractivity contribution in [3.8, 4) is 0 Å². The Morgan fingerprint density at radius 3 is 2.44 bits per heavy atom. The second-order valence-electron chi connectivity index (χ2n) is 7.84. The van der Waals surface area contributed by atoms with Gasteiger partial charge in [0.05, 0.1) is 0 Å². The molecule has 0 heteroatoms. The van der Waals surface area contributed by atoms with E-state index < -0.39 is 0 Å². The Hall–Kier alpha value is -0.520. The molecule has 3 unspecified atom stereocenters. The highest BCUT2D eigenvalue weighted by Gasteiger charge is 2.42. The third-order valence-corrected chi connectivity index (χ3v) is 5.16. The number of allylic oxidation sites excluding steroid dienone is 4. The van der Waals surface area contributed by atoms with Gasteiger partial charge >= 0.3 is 0 Å². The van der Waals surface area contributed by atoms with Crippen molar-refractivity contribution in [2.75, 3.05) is 0 Å². The zero-order valence-corrected chi connectivity index (χ0v) is 13.0. The van der Waals surface area contributed by atoms with E-state index in [1.165, 1.54) is 24.8 Å². The zero-order chi connectivity index (χ0) is 13.6. The molecule has 0 aromatic carbocycles. The lowest BCUT2D eigenvalue weighted by Gasteiger charge is -2.47. The molecular weight excluding hydrogens is 216 g/mol. The Bertz CT molecular complexity index is 367. The first-order valence-electron chi connectivity index (χ1n) is 7.51. The van der Waals surface area contributed by atoms with Crippen LogP contribution in [0.5, 0.6) is 0 Å². The summed E-state index contributed by atoms with van der Waals surface area (Å²) in [6.45, 7) is 14.3. The minimum Gasteiger partial charge on any atom is -0.0877 e. The molecule has 2 rings (SSSR count). The standard InChI is InChI=1S/C18H29/c1-13-8-7-10-18(5,6)16(13)15-9-11-17(3,4)12-14(15)2/h7-8,13,15-16H,9-11H2,1-6H3. The summed E-state index contributed by atoms with van der Waals surface area (Å²) in [5.41, 5.74) is 2.24. The summed E-state index contributed by atoms with van der Waals surface area (Å²) in [6.07, 6.45) is 12.4. The molecule has 0 aromatic rings. The molecule has 101 valence electrons. The third kappa shape index (κ3) is 2.58. The maximum absolute atomic E-state index is 3.75. The Balaban J connectivity index is 2.29. The highest BCUT2D eigenvalue weighted by molar-refractivity contribution is 5.15. The summed E-state index contributed by atoms with van der Waals surface area (Å²) in [4.78, 5) is 0. The van der Waals surface area contributed by atoms with Crippen LogP contribution in [-0.2, 0) is 0 Å². The molecule has 2 aliphatic carbocycles. The molecule has 0 heterocycles. The maximum Gasteiger partial charge on any atom is -0.0101 e. The van der Waals surface area contributed by atoms with Crippen LogP contribution in [0.3, 0.4) is 0 Å². The van der Waals surface area contributed by atoms with Gasteiger partial charge in [-0.1, -0.05) is 52.3 Å². The van der Waals surface area contributed by atoms with E-state index in [-0.39, 0.29) is 0 Å². The quantitative estimate of drug-likeness (QED) is 0.542. The molecular formula is C18H29. The van der Waals surface area contributed by atoms with Crippen LogP contribution in [0.15, 0.2) is 17.7 Å². The normalized spacial score (nSPS) is 38.3. The first kappa shape index (κ1) is 13.9. The lowest BCUT2D eigenvalue weighted by molar-refractivity contribution is 0.0912. The van der Waals surface area contributed by atoms with Crippen molar-refractivity contribution < 1.29 is 0 Å². The minimum atomic E-state index is 0.290. The van der Waals surface area contributed by atoms with E-state index >= 15 is 0 Å². The first-order valence-corrected chi connectivity index (χ1v) is 7.51. The molecule has 0 amide bonds. The average molecular weight is 245 g/mol. The van der Waals surface area contributed by atoms with Gasteiger partial charge in [0.15, 0.2) is 0 Å². The number of hydrogen-bond donors (Lipinski definition) is 0. The van der Waals surface area contributed by atoms with Crippen LogP contribution < -0.4 is 0 Å². The Kier molecular flexibility index (Phi) is 3.51. The van der Waals surface area contributed by atoms with Gasteiger partial charge in [-0.05, 0) is 60.8 Å². The molecule has 0 saturated carbocycles. The summed E-state index contributed by atoms with van der Waals surface area (Å²) < 4.78 is 0. The molecule has 0 spiro atoms. The van der Waals surface area contributed by atoms with Crippen molar-refractivity contribution in [1.82, 2.24) is 0 Å². The number of hydrogen-bond acceptors (Lipinski definition) is 0. The topological polar surface area (TPSA) is 0 Å². The highest BCUT2D eigenvalue weighted by atomic mass is 14.5. The fraction of sp³-hybridized carbons (Fsp3) is 0.778. The molecule has 0 aromatic heterocycles. The van der Waals surface area contributed by atoms with Crippen molar-refractivity contribution in [3.05, 3.63) is 23.8 Å². The van der Waals surface area contributed by atoms with Gasteiger partial charge in [0.2, 0.25) is 0 Å². The van der Waals surface area contributed by atoms with Crippen LogP contribution >= 0.6 is 0 Å². The van der Waals surface area contributed by atoms with Crippen molar-refractivity contribution in [2.24, 2.45) is 28.6 Å². The van der Waals surface area contributed by atoms with E-state index in [0.29, 0.717) is 16.7 Å². The molecule has 1 radical (unpaired) electrons. The van der Waals surface area contributed by atoms with E-state index in [1.54, 1.807) is 0 Å². The predicted molar refractivity (Wildman–Crippen MR) is 79.1 cm³/mol. The average Bonchev–Trinajstić information content (AvgIpc) is 2.19. The molecule has 2 aliphatic rings. The monoisotopic (exact) mass is 245 g/mol. The SMILES string of the molecule is CC1=[C]C(C)(C)CCC1C1C(C)C=CCC1(C)C. The predicted octanol–water partition coefficient (Wildman–Crippen LogP) is 5.41. The molecule has 0 aliphatic heterocycles. The van der Waals surface area contributed by atoms with Gasteiger partial charge in [0.1, 0.15) is 0 Å². The second kappa shape index (κ2) is 4.54. The summed E-state index contributed by atoms with van der Waals surface area (Å²) in [5.74, 6) is 2.23. The molecule has 0 bridgehead atoms. The van der Waals surface area contributed by atoms with Crippen LogP contribution in [0.2, 0.25) is 0 Å². The lowest BCUT2D eigenvalue weighted by Crippen LogP contribution is -2.39. The van der Waals surface area contributed by atoms with E-state index in [9.17, 15) is 0 Å². The molecule has 3 atom stereocenters. The largest absolute Gasteiger partial charge is 0.0877 e. The summed E-state index contributed by atoms with van der Waals surface area (Å²) >= 11 is 0. The van der Waals surface area contributed by atoms with Crippen LogP contribution in [0.25, 0.3) is 0 Å². The van der Waals surface area contributed by atoms with Crippen LogP contribution in [0, 0.1) is 34.7 Å². The zero-order valence-electron chi connectivity index (χ0n) is 13.0. The molecule has 18 heavy (non-hydrogen) atoms. The summed E-state index contributed by atoms with van der Waals surface area (Å²) in [5, 5.41) is 0. The summed E-state index contributed by atoms with van der Waals surface area (Å²) in [6, 6.07) is 0.